The normalized spacial score (nSPS) is 10.7. The van der Waals surface area contributed by atoms with Crippen molar-refractivity contribution in [1.29, 1.82) is 0 Å². The molecule has 0 unspecified atom stereocenters. The summed E-state index contributed by atoms with van der Waals surface area (Å²) in [6.45, 7) is 6.27. The molecule has 0 spiro atoms. The molecule has 3 heterocycles. The predicted molar refractivity (Wildman–Crippen MR) is 139 cm³/mol. The van der Waals surface area contributed by atoms with Gasteiger partial charge in [0.25, 0.3) is 0 Å². The number of thiophene rings is 1. The molecule has 35 heavy (non-hydrogen) atoms. The number of carbonyl (C=O) groups is 2. The second-order valence-electron chi connectivity index (χ2n) is 7.20. The van der Waals surface area contributed by atoms with Crippen LogP contribution in [0.25, 0.3) is 22.6 Å². The topological polar surface area (TPSA) is 99.0 Å². The van der Waals surface area contributed by atoms with Gasteiger partial charge in [-0.25, -0.2) is 4.79 Å². The lowest BCUT2D eigenvalue weighted by Crippen LogP contribution is -2.17. The zero-order valence-electron chi connectivity index (χ0n) is 19.0. The maximum atomic E-state index is 12.8. The molecule has 8 nitrogen and oxygen atoms in total. The quantitative estimate of drug-likeness (QED) is 0.180. The Morgan fingerprint density at radius 2 is 1.97 bits per heavy atom. The number of aromatic nitrogens is 4. The Balaban J connectivity index is 1.52. The lowest BCUT2D eigenvalue weighted by atomic mass is 10.0. The van der Waals surface area contributed by atoms with Crippen molar-refractivity contribution in [2.45, 2.75) is 18.6 Å². The van der Waals surface area contributed by atoms with E-state index in [0.29, 0.717) is 33.8 Å². The van der Waals surface area contributed by atoms with E-state index in [0.717, 1.165) is 11.1 Å². The summed E-state index contributed by atoms with van der Waals surface area (Å²) in [7, 11) is 0. The summed E-state index contributed by atoms with van der Waals surface area (Å²) in [6, 6.07) is 15.1. The van der Waals surface area contributed by atoms with Gasteiger partial charge in [-0.2, -0.15) is 0 Å². The van der Waals surface area contributed by atoms with Crippen LogP contribution in [0.1, 0.15) is 17.3 Å². The van der Waals surface area contributed by atoms with Crippen molar-refractivity contribution in [2.24, 2.45) is 0 Å². The molecule has 0 atom stereocenters. The molecule has 4 rings (SSSR count). The van der Waals surface area contributed by atoms with Gasteiger partial charge < -0.3 is 10.1 Å². The number of amides is 1. The predicted octanol–water partition coefficient (Wildman–Crippen LogP) is 5.16. The van der Waals surface area contributed by atoms with E-state index in [1.165, 1.54) is 23.1 Å². The number of esters is 1. The minimum absolute atomic E-state index is 0.0817. The third kappa shape index (κ3) is 5.67. The molecule has 1 aromatic carbocycles. The summed E-state index contributed by atoms with van der Waals surface area (Å²) in [5.41, 5.74) is 2.64. The van der Waals surface area contributed by atoms with E-state index in [4.69, 9.17) is 4.74 Å². The molecule has 10 heteroatoms. The van der Waals surface area contributed by atoms with Gasteiger partial charge in [0.15, 0.2) is 11.0 Å². The van der Waals surface area contributed by atoms with Crippen LogP contribution in [0.3, 0.4) is 0 Å². The molecule has 0 aliphatic rings. The van der Waals surface area contributed by atoms with Gasteiger partial charge in [0.2, 0.25) is 5.91 Å². The summed E-state index contributed by atoms with van der Waals surface area (Å²) >= 11 is 2.54. The summed E-state index contributed by atoms with van der Waals surface area (Å²) in [6.07, 6.45) is 3.43. The van der Waals surface area contributed by atoms with Crippen LogP contribution < -0.4 is 5.32 Å². The SMILES string of the molecule is C=CCn1c(SCC(=O)Nc2scc(-c3ccccc3)c2C(=O)OCC)nnc1-c1ccccn1. The van der Waals surface area contributed by atoms with Crippen LogP contribution in [0.5, 0.6) is 0 Å². The van der Waals surface area contributed by atoms with Crippen molar-refractivity contribution in [3.63, 3.8) is 0 Å². The smallest absolute Gasteiger partial charge is 0.341 e. The van der Waals surface area contributed by atoms with E-state index in [-0.39, 0.29) is 18.3 Å². The molecule has 178 valence electrons. The molecule has 0 aliphatic heterocycles. The summed E-state index contributed by atoms with van der Waals surface area (Å²) < 4.78 is 7.12. The number of ether oxygens (including phenoxy) is 1. The van der Waals surface area contributed by atoms with Gasteiger partial charge in [0.05, 0.1) is 12.4 Å². The Bertz CT molecular complexity index is 1320. The molecule has 0 aliphatic carbocycles. The molecular formula is C25H23N5O3S2. The molecule has 0 fully saturated rings. The third-order valence-electron chi connectivity index (χ3n) is 4.86. The van der Waals surface area contributed by atoms with Gasteiger partial charge in [-0.1, -0.05) is 54.2 Å². The number of nitrogens with one attached hydrogen (secondary N) is 1. The van der Waals surface area contributed by atoms with Gasteiger partial charge in [-0.05, 0) is 24.6 Å². The average molecular weight is 506 g/mol. The third-order valence-corrected chi connectivity index (χ3v) is 6.73. The molecule has 0 radical (unpaired) electrons. The number of benzene rings is 1. The fraction of sp³-hybridized carbons (Fsp3) is 0.160. The lowest BCUT2D eigenvalue weighted by molar-refractivity contribution is -0.113. The monoisotopic (exact) mass is 505 g/mol. The summed E-state index contributed by atoms with van der Waals surface area (Å²) in [5, 5.41) is 14.2. The van der Waals surface area contributed by atoms with Gasteiger partial charge in [0.1, 0.15) is 16.3 Å². The highest BCUT2D eigenvalue weighted by Gasteiger charge is 2.23. The van der Waals surface area contributed by atoms with Gasteiger partial charge in [-0.3, -0.25) is 14.3 Å². The number of carbonyl (C=O) groups excluding carboxylic acids is 2. The fourth-order valence-electron chi connectivity index (χ4n) is 3.35. The maximum Gasteiger partial charge on any atom is 0.341 e. The van der Waals surface area contributed by atoms with Crippen molar-refractivity contribution in [1.82, 2.24) is 19.7 Å². The van der Waals surface area contributed by atoms with Gasteiger partial charge in [0, 0.05) is 23.7 Å². The van der Waals surface area contributed by atoms with E-state index >= 15 is 0 Å². The van der Waals surface area contributed by atoms with Crippen LogP contribution in [0.15, 0.2) is 77.9 Å². The highest BCUT2D eigenvalue weighted by molar-refractivity contribution is 7.99. The molecule has 4 aromatic rings. The first-order valence-electron chi connectivity index (χ1n) is 10.8. The van der Waals surface area contributed by atoms with Crippen LogP contribution in [0, 0.1) is 0 Å². The Morgan fingerprint density at radius 1 is 1.17 bits per heavy atom. The number of anilines is 1. The van der Waals surface area contributed by atoms with E-state index < -0.39 is 5.97 Å². The van der Waals surface area contributed by atoms with Crippen LogP contribution in [0.2, 0.25) is 0 Å². The molecular weight excluding hydrogens is 482 g/mol. The highest BCUT2D eigenvalue weighted by atomic mass is 32.2. The molecule has 0 saturated carbocycles. The van der Waals surface area contributed by atoms with E-state index in [1.807, 2.05) is 58.5 Å². The molecule has 1 amide bonds. The minimum atomic E-state index is -0.471. The standard InChI is InChI=1S/C25H23N5O3S2/c1-3-14-30-22(19-12-8-9-13-26-19)28-29-25(30)35-16-20(31)27-23-21(24(32)33-4-2)18(15-34-23)17-10-6-5-7-11-17/h3,5-13,15H,1,4,14,16H2,2H3,(H,27,31). The molecule has 1 N–H and O–H groups in total. The highest BCUT2D eigenvalue weighted by Crippen LogP contribution is 2.36. The van der Waals surface area contributed by atoms with Crippen LogP contribution in [-0.2, 0) is 16.1 Å². The second-order valence-corrected chi connectivity index (χ2v) is 9.02. The van der Waals surface area contributed by atoms with E-state index in [2.05, 4.69) is 27.1 Å². The van der Waals surface area contributed by atoms with E-state index in [9.17, 15) is 9.59 Å². The number of hydrogen-bond donors (Lipinski definition) is 1. The zero-order chi connectivity index (χ0) is 24.6. The van der Waals surface area contributed by atoms with E-state index in [1.54, 1.807) is 19.2 Å². The van der Waals surface area contributed by atoms with Crippen molar-refractivity contribution in [3.8, 4) is 22.6 Å². The number of pyridine rings is 1. The van der Waals surface area contributed by atoms with Crippen molar-refractivity contribution >= 4 is 40.0 Å². The van der Waals surface area contributed by atoms with Crippen molar-refractivity contribution < 1.29 is 14.3 Å². The number of thioether (sulfide) groups is 1. The first-order chi connectivity index (χ1) is 17.1. The Kier molecular flexibility index (Phi) is 8.07. The number of rotatable bonds is 10. The fourth-order valence-corrected chi connectivity index (χ4v) is 5.07. The summed E-state index contributed by atoms with van der Waals surface area (Å²) in [5.74, 6) is -0.0576. The average Bonchev–Trinajstić information content (AvgIpc) is 3.48. The summed E-state index contributed by atoms with van der Waals surface area (Å²) in [4.78, 5) is 29.9. The number of nitrogens with zero attached hydrogens (tertiary/aromatic N) is 4. The van der Waals surface area contributed by atoms with Crippen molar-refractivity contribution in [3.05, 3.63) is 78.3 Å². The number of hydrogen-bond acceptors (Lipinski definition) is 8. The number of allylic oxidation sites excluding steroid dienone is 1. The Labute approximate surface area is 211 Å². The molecule has 0 saturated heterocycles. The molecule has 0 bridgehead atoms. The first kappa shape index (κ1) is 24.4. The van der Waals surface area contributed by atoms with Gasteiger partial charge >= 0.3 is 5.97 Å². The minimum Gasteiger partial charge on any atom is -0.462 e. The molecule has 3 aromatic heterocycles. The Hall–Kier alpha value is -3.76. The van der Waals surface area contributed by atoms with Crippen molar-refractivity contribution in [2.75, 3.05) is 17.7 Å². The van der Waals surface area contributed by atoms with Crippen LogP contribution in [0.4, 0.5) is 5.00 Å². The van der Waals surface area contributed by atoms with Gasteiger partial charge in [-0.15, -0.1) is 28.1 Å². The van der Waals surface area contributed by atoms with Crippen LogP contribution >= 0.6 is 23.1 Å². The largest absolute Gasteiger partial charge is 0.462 e. The lowest BCUT2D eigenvalue weighted by Gasteiger charge is -2.09. The first-order valence-corrected chi connectivity index (χ1v) is 12.7. The zero-order valence-corrected chi connectivity index (χ0v) is 20.6. The maximum absolute atomic E-state index is 12.8. The Morgan fingerprint density at radius 3 is 2.69 bits per heavy atom. The van der Waals surface area contributed by atoms with Crippen LogP contribution in [-0.4, -0.2) is 44.0 Å². The second kappa shape index (κ2) is 11.6.